The third kappa shape index (κ3) is 4.52. The van der Waals surface area contributed by atoms with E-state index in [-0.39, 0.29) is 5.54 Å². The lowest BCUT2D eigenvalue weighted by molar-refractivity contribution is 0.0608. The Kier molecular flexibility index (Phi) is 6.19. The van der Waals surface area contributed by atoms with Crippen molar-refractivity contribution in [3.8, 4) is 0 Å². The quantitative estimate of drug-likeness (QED) is 0.835. The topological polar surface area (TPSA) is 28.2 Å². The third-order valence-electron chi connectivity index (χ3n) is 4.80. The van der Waals surface area contributed by atoms with Crippen molar-refractivity contribution in [3.05, 3.63) is 30.1 Å². The largest absolute Gasteiger partial charge is 0.312 e. The van der Waals surface area contributed by atoms with E-state index in [1.807, 2.05) is 12.3 Å². The Morgan fingerprint density at radius 3 is 2.62 bits per heavy atom. The zero-order chi connectivity index (χ0) is 15.1. The van der Waals surface area contributed by atoms with Crippen molar-refractivity contribution in [2.75, 3.05) is 19.6 Å². The summed E-state index contributed by atoms with van der Waals surface area (Å²) >= 11 is 0. The Hall–Kier alpha value is -0.930. The molecule has 1 aromatic heterocycles. The smallest absolute Gasteiger partial charge is 0.0419 e. The van der Waals surface area contributed by atoms with Crippen LogP contribution in [0, 0.1) is 0 Å². The van der Waals surface area contributed by atoms with Gasteiger partial charge < -0.3 is 5.32 Å². The van der Waals surface area contributed by atoms with Gasteiger partial charge in [0, 0.05) is 29.9 Å². The molecular formula is C18H31N3. The average Bonchev–Trinajstić information content (AvgIpc) is 2.53. The molecule has 1 fully saturated rings. The molecule has 0 bridgehead atoms. The normalized spacial score (nSPS) is 18.6. The third-order valence-corrected chi connectivity index (χ3v) is 4.80. The highest BCUT2D eigenvalue weighted by atomic mass is 15.2. The molecule has 1 atom stereocenters. The number of hydrogen-bond donors (Lipinski definition) is 1. The maximum atomic E-state index is 4.53. The molecule has 2 rings (SSSR count). The molecule has 1 aromatic rings. The van der Waals surface area contributed by atoms with Gasteiger partial charge in [-0.3, -0.25) is 9.88 Å². The fourth-order valence-electron chi connectivity index (χ4n) is 3.31. The Labute approximate surface area is 130 Å². The minimum absolute atomic E-state index is 0.174. The van der Waals surface area contributed by atoms with Crippen molar-refractivity contribution in [3.63, 3.8) is 0 Å². The van der Waals surface area contributed by atoms with E-state index in [1.165, 1.54) is 44.5 Å². The molecule has 118 valence electrons. The van der Waals surface area contributed by atoms with Crippen LogP contribution in [0.1, 0.15) is 52.1 Å². The highest BCUT2D eigenvalue weighted by molar-refractivity contribution is 5.08. The molecule has 3 heteroatoms. The molecule has 1 aliphatic heterocycles. The summed E-state index contributed by atoms with van der Waals surface area (Å²) in [6.45, 7) is 10.6. The van der Waals surface area contributed by atoms with Crippen molar-refractivity contribution in [1.29, 1.82) is 0 Å². The first-order valence-electron chi connectivity index (χ1n) is 8.53. The summed E-state index contributed by atoms with van der Waals surface area (Å²) < 4.78 is 0. The zero-order valence-corrected chi connectivity index (χ0v) is 13.9. The summed E-state index contributed by atoms with van der Waals surface area (Å²) in [7, 11) is 0. The van der Waals surface area contributed by atoms with Crippen LogP contribution in [0.15, 0.2) is 24.4 Å². The van der Waals surface area contributed by atoms with Gasteiger partial charge >= 0.3 is 0 Å². The number of rotatable bonds is 7. The molecule has 1 N–H and O–H groups in total. The van der Waals surface area contributed by atoms with E-state index in [0.717, 1.165) is 13.0 Å². The molecule has 0 amide bonds. The molecule has 0 spiro atoms. The molecule has 0 aliphatic carbocycles. The van der Waals surface area contributed by atoms with Gasteiger partial charge in [-0.15, -0.1) is 0 Å². The van der Waals surface area contributed by atoms with E-state index < -0.39 is 0 Å². The summed E-state index contributed by atoms with van der Waals surface area (Å²) in [5, 5.41) is 3.77. The van der Waals surface area contributed by atoms with E-state index in [1.54, 1.807) is 0 Å². The van der Waals surface area contributed by atoms with Gasteiger partial charge in [0.15, 0.2) is 0 Å². The van der Waals surface area contributed by atoms with E-state index in [0.29, 0.717) is 6.04 Å². The molecule has 0 radical (unpaired) electrons. The van der Waals surface area contributed by atoms with Gasteiger partial charge in [0.25, 0.3) is 0 Å². The Morgan fingerprint density at radius 1 is 1.24 bits per heavy atom. The van der Waals surface area contributed by atoms with Crippen LogP contribution < -0.4 is 5.32 Å². The minimum Gasteiger partial charge on any atom is -0.312 e. The van der Waals surface area contributed by atoms with Crippen LogP contribution in [-0.4, -0.2) is 41.1 Å². The second-order valence-electron chi connectivity index (χ2n) is 6.73. The maximum absolute atomic E-state index is 4.53. The number of hydrogen-bond acceptors (Lipinski definition) is 3. The number of nitrogens with one attached hydrogen (secondary N) is 1. The van der Waals surface area contributed by atoms with Gasteiger partial charge in [-0.2, -0.15) is 0 Å². The second-order valence-corrected chi connectivity index (χ2v) is 6.73. The van der Waals surface area contributed by atoms with Crippen LogP contribution >= 0.6 is 0 Å². The SMILES string of the molecule is CCCNC(Cc1ccccn1)C(C)(C)N1CCCCC1. The lowest BCUT2D eigenvalue weighted by atomic mass is 9.87. The molecular weight excluding hydrogens is 258 g/mol. The second kappa shape index (κ2) is 7.90. The predicted molar refractivity (Wildman–Crippen MR) is 89.5 cm³/mol. The van der Waals surface area contributed by atoms with Gasteiger partial charge in [-0.05, 0) is 64.9 Å². The Morgan fingerprint density at radius 2 is 2.00 bits per heavy atom. The molecule has 0 saturated carbocycles. The highest BCUT2D eigenvalue weighted by Crippen LogP contribution is 2.25. The lowest BCUT2D eigenvalue weighted by Crippen LogP contribution is -2.60. The van der Waals surface area contributed by atoms with Crippen molar-refractivity contribution in [1.82, 2.24) is 15.2 Å². The van der Waals surface area contributed by atoms with E-state index in [4.69, 9.17) is 0 Å². The molecule has 1 aliphatic rings. The van der Waals surface area contributed by atoms with Crippen LogP contribution in [-0.2, 0) is 6.42 Å². The minimum atomic E-state index is 0.174. The molecule has 21 heavy (non-hydrogen) atoms. The zero-order valence-electron chi connectivity index (χ0n) is 13.9. The molecule has 2 heterocycles. The monoisotopic (exact) mass is 289 g/mol. The number of piperidine rings is 1. The van der Waals surface area contributed by atoms with Crippen LogP contribution in [0.3, 0.4) is 0 Å². The van der Waals surface area contributed by atoms with E-state index in [2.05, 4.69) is 48.1 Å². The first-order valence-corrected chi connectivity index (χ1v) is 8.53. The first kappa shape index (κ1) is 16.4. The standard InChI is InChI=1S/C18H31N3/c1-4-11-20-17(15-16-10-6-7-12-19-16)18(2,3)21-13-8-5-9-14-21/h6-7,10,12,17,20H,4-5,8-9,11,13-15H2,1-3H3. The first-order chi connectivity index (χ1) is 10.1. The Balaban J connectivity index is 2.09. The van der Waals surface area contributed by atoms with Gasteiger partial charge in [0.05, 0.1) is 0 Å². The van der Waals surface area contributed by atoms with Crippen molar-refractivity contribution >= 4 is 0 Å². The summed E-state index contributed by atoms with van der Waals surface area (Å²) in [5.74, 6) is 0. The predicted octanol–water partition coefficient (Wildman–Crippen LogP) is 3.26. The van der Waals surface area contributed by atoms with Crippen molar-refractivity contribution < 1.29 is 0 Å². The molecule has 0 aromatic carbocycles. The number of likely N-dealkylation sites (tertiary alicyclic amines) is 1. The fraction of sp³-hybridized carbons (Fsp3) is 0.722. The van der Waals surface area contributed by atoms with Gasteiger partial charge in [0.1, 0.15) is 0 Å². The van der Waals surface area contributed by atoms with Crippen LogP contribution in [0.2, 0.25) is 0 Å². The van der Waals surface area contributed by atoms with Gasteiger partial charge in [0.2, 0.25) is 0 Å². The van der Waals surface area contributed by atoms with Crippen LogP contribution in [0.4, 0.5) is 0 Å². The fourth-order valence-corrected chi connectivity index (χ4v) is 3.31. The summed E-state index contributed by atoms with van der Waals surface area (Å²) in [6, 6.07) is 6.68. The Bertz CT molecular complexity index is 396. The average molecular weight is 289 g/mol. The van der Waals surface area contributed by atoms with E-state index >= 15 is 0 Å². The van der Waals surface area contributed by atoms with E-state index in [9.17, 15) is 0 Å². The van der Waals surface area contributed by atoms with Crippen molar-refractivity contribution in [2.45, 2.75) is 64.5 Å². The summed E-state index contributed by atoms with van der Waals surface area (Å²) in [6.07, 6.45) is 8.15. The molecule has 1 unspecified atom stereocenters. The summed E-state index contributed by atoms with van der Waals surface area (Å²) in [5.41, 5.74) is 1.36. The van der Waals surface area contributed by atoms with Gasteiger partial charge in [-0.1, -0.05) is 19.4 Å². The number of pyridine rings is 1. The van der Waals surface area contributed by atoms with Crippen LogP contribution in [0.5, 0.6) is 0 Å². The number of aromatic nitrogens is 1. The highest BCUT2D eigenvalue weighted by Gasteiger charge is 2.35. The molecule has 1 saturated heterocycles. The lowest BCUT2D eigenvalue weighted by Gasteiger charge is -2.46. The van der Waals surface area contributed by atoms with Crippen molar-refractivity contribution in [2.24, 2.45) is 0 Å². The maximum Gasteiger partial charge on any atom is 0.0419 e. The van der Waals surface area contributed by atoms with Crippen LogP contribution in [0.25, 0.3) is 0 Å². The van der Waals surface area contributed by atoms with Gasteiger partial charge in [-0.25, -0.2) is 0 Å². The summed E-state index contributed by atoms with van der Waals surface area (Å²) in [4.78, 5) is 7.20. The molecule has 3 nitrogen and oxygen atoms in total. The number of nitrogens with zero attached hydrogens (tertiary/aromatic N) is 2.